The molecule has 0 radical (unpaired) electrons. The monoisotopic (exact) mass is 404 g/mol. The second kappa shape index (κ2) is 9.03. The highest BCUT2D eigenvalue weighted by Crippen LogP contribution is 2.31. The van der Waals surface area contributed by atoms with E-state index in [0.717, 1.165) is 11.1 Å². The predicted molar refractivity (Wildman–Crippen MR) is 112 cm³/mol. The lowest BCUT2D eigenvalue weighted by molar-refractivity contribution is -0.137. The van der Waals surface area contributed by atoms with E-state index in [2.05, 4.69) is 0 Å². The number of hydrogen-bond acceptors (Lipinski definition) is 5. The Hall–Kier alpha value is -3.29. The number of carboxylic acids is 1. The molecule has 6 nitrogen and oxygen atoms in total. The van der Waals surface area contributed by atoms with Gasteiger partial charge in [-0.05, 0) is 47.3 Å². The maximum atomic E-state index is 10.8. The van der Waals surface area contributed by atoms with E-state index < -0.39 is 19.2 Å². The number of benzene rings is 3. The van der Waals surface area contributed by atoms with E-state index >= 15 is 0 Å². The second-order valence-corrected chi connectivity index (χ2v) is 7.05. The average molecular weight is 404 g/mol. The first kappa shape index (κ1) is 20.0. The van der Waals surface area contributed by atoms with Crippen LogP contribution >= 0.6 is 0 Å². The minimum absolute atomic E-state index is 0.0230. The molecule has 4 rings (SSSR count). The Bertz CT molecular complexity index is 1020. The molecule has 3 aromatic carbocycles. The molecule has 152 valence electrons. The fourth-order valence-electron chi connectivity index (χ4n) is 3.41. The molecule has 1 atom stereocenters. The molecule has 1 aliphatic heterocycles. The van der Waals surface area contributed by atoms with E-state index in [4.69, 9.17) is 19.2 Å². The summed E-state index contributed by atoms with van der Waals surface area (Å²) in [6.45, 7) is 0.463. The van der Waals surface area contributed by atoms with E-state index in [9.17, 15) is 9.82 Å². The van der Waals surface area contributed by atoms with Crippen LogP contribution in [0.25, 0.3) is 0 Å². The van der Waals surface area contributed by atoms with Gasteiger partial charge in [0.05, 0.1) is 6.10 Å². The molecular formula is C23H21BO6. The summed E-state index contributed by atoms with van der Waals surface area (Å²) >= 11 is 0. The van der Waals surface area contributed by atoms with Gasteiger partial charge < -0.3 is 24.3 Å². The SMILES string of the molecule is O=C(O)CCC1OB(O)c2cc(Oc3cccc(OCc4ccccc4)c3)ccc21. The zero-order valence-electron chi connectivity index (χ0n) is 16.2. The molecule has 0 saturated heterocycles. The van der Waals surface area contributed by atoms with Gasteiger partial charge in [-0.15, -0.1) is 0 Å². The van der Waals surface area contributed by atoms with E-state index in [1.165, 1.54) is 0 Å². The number of carbonyl (C=O) groups is 1. The first-order valence-electron chi connectivity index (χ1n) is 9.72. The predicted octanol–water partition coefficient (Wildman–Crippen LogP) is 3.68. The molecule has 0 aromatic heterocycles. The summed E-state index contributed by atoms with van der Waals surface area (Å²) in [4.78, 5) is 10.8. The Kier molecular flexibility index (Phi) is 6.02. The van der Waals surface area contributed by atoms with Crippen molar-refractivity contribution >= 4 is 18.6 Å². The van der Waals surface area contributed by atoms with Crippen molar-refractivity contribution in [3.8, 4) is 17.2 Å². The first-order chi connectivity index (χ1) is 14.6. The van der Waals surface area contributed by atoms with Crippen LogP contribution in [-0.4, -0.2) is 23.2 Å². The van der Waals surface area contributed by atoms with Crippen LogP contribution in [0.5, 0.6) is 17.2 Å². The molecule has 0 bridgehead atoms. The number of ether oxygens (including phenoxy) is 2. The molecule has 0 fully saturated rings. The van der Waals surface area contributed by atoms with Gasteiger partial charge in [-0.25, -0.2) is 0 Å². The third-order valence-electron chi connectivity index (χ3n) is 4.87. The van der Waals surface area contributed by atoms with Crippen molar-refractivity contribution in [2.24, 2.45) is 0 Å². The minimum Gasteiger partial charge on any atom is -0.489 e. The highest BCUT2D eigenvalue weighted by molar-refractivity contribution is 6.61. The molecule has 0 saturated carbocycles. The van der Waals surface area contributed by atoms with Crippen molar-refractivity contribution in [3.63, 3.8) is 0 Å². The molecule has 7 heteroatoms. The maximum absolute atomic E-state index is 10.8. The molecule has 2 N–H and O–H groups in total. The molecule has 0 aliphatic carbocycles. The summed E-state index contributed by atoms with van der Waals surface area (Å²) in [6.07, 6.45) is -0.152. The van der Waals surface area contributed by atoms with Gasteiger partial charge in [-0.3, -0.25) is 4.79 Å². The molecule has 1 aliphatic rings. The highest BCUT2D eigenvalue weighted by atomic mass is 16.5. The number of aliphatic carboxylic acids is 1. The van der Waals surface area contributed by atoms with Crippen LogP contribution in [0.3, 0.4) is 0 Å². The van der Waals surface area contributed by atoms with Gasteiger partial charge in [0.2, 0.25) is 0 Å². The van der Waals surface area contributed by atoms with Gasteiger partial charge in [0.25, 0.3) is 0 Å². The fourth-order valence-corrected chi connectivity index (χ4v) is 3.41. The van der Waals surface area contributed by atoms with Crippen LogP contribution in [0.15, 0.2) is 72.8 Å². The van der Waals surface area contributed by atoms with Crippen LogP contribution in [0.2, 0.25) is 0 Å². The number of fused-ring (bicyclic) bond motifs is 1. The van der Waals surface area contributed by atoms with E-state index in [1.54, 1.807) is 18.2 Å². The zero-order valence-corrected chi connectivity index (χ0v) is 16.2. The van der Waals surface area contributed by atoms with Crippen molar-refractivity contribution in [3.05, 3.63) is 83.9 Å². The second-order valence-electron chi connectivity index (χ2n) is 7.05. The summed E-state index contributed by atoms with van der Waals surface area (Å²) in [6, 6.07) is 22.6. The zero-order chi connectivity index (χ0) is 20.9. The highest BCUT2D eigenvalue weighted by Gasteiger charge is 2.35. The standard InChI is InChI=1S/C23H21BO6/c25-23(26)12-11-22-20-10-9-19(14-21(20)24(27)30-22)29-18-8-4-7-17(13-18)28-15-16-5-2-1-3-6-16/h1-10,13-14,22,27H,11-12,15H2,(H,25,26). The first-order valence-corrected chi connectivity index (χ1v) is 9.72. The van der Waals surface area contributed by atoms with Crippen LogP contribution in [0.4, 0.5) is 0 Å². The van der Waals surface area contributed by atoms with Gasteiger partial charge in [-0.2, -0.15) is 0 Å². The molecule has 3 aromatic rings. The van der Waals surface area contributed by atoms with Gasteiger partial charge in [0, 0.05) is 12.5 Å². The number of carboxylic acid groups (broad SMARTS) is 1. The van der Waals surface area contributed by atoms with Crippen LogP contribution in [0, 0.1) is 0 Å². The van der Waals surface area contributed by atoms with Crippen LogP contribution in [-0.2, 0) is 16.1 Å². The molecular weight excluding hydrogens is 383 g/mol. The van der Waals surface area contributed by atoms with Crippen molar-refractivity contribution < 1.29 is 29.1 Å². The summed E-state index contributed by atoms with van der Waals surface area (Å²) in [5, 5.41) is 19.1. The van der Waals surface area contributed by atoms with E-state index in [-0.39, 0.29) is 6.42 Å². The quantitative estimate of drug-likeness (QED) is 0.558. The lowest BCUT2D eigenvalue weighted by Crippen LogP contribution is -2.27. The fraction of sp³-hybridized carbons (Fsp3) is 0.174. The largest absolute Gasteiger partial charge is 0.492 e. The summed E-state index contributed by atoms with van der Waals surface area (Å²) in [5.74, 6) is 0.956. The lowest BCUT2D eigenvalue weighted by Gasteiger charge is -2.12. The molecule has 1 heterocycles. The van der Waals surface area contributed by atoms with Crippen molar-refractivity contribution in [2.75, 3.05) is 0 Å². The Balaban J connectivity index is 1.43. The topological polar surface area (TPSA) is 85.2 Å². The van der Waals surface area contributed by atoms with Gasteiger partial charge in [-0.1, -0.05) is 42.5 Å². The molecule has 1 unspecified atom stereocenters. The van der Waals surface area contributed by atoms with Crippen LogP contribution in [0.1, 0.15) is 30.1 Å². The summed E-state index contributed by atoms with van der Waals surface area (Å²) in [5.41, 5.74) is 2.46. The van der Waals surface area contributed by atoms with Crippen molar-refractivity contribution in [2.45, 2.75) is 25.6 Å². The maximum Gasteiger partial charge on any atom is 0.492 e. The Labute approximate surface area is 174 Å². The van der Waals surface area contributed by atoms with Crippen molar-refractivity contribution in [1.82, 2.24) is 0 Å². The summed E-state index contributed by atoms with van der Waals surface area (Å²) < 4.78 is 17.3. The third-order valence-corrected chi connectivity index (χ3v) is 4.87. The third kappa shape index (κ3) is 4.82. The van der Waals surface area contributed by atoms with Gasteiger partial charge in [0.1, 0.15) is 23.9 Å². The number of rotatable bonds is 8. The Morgan fingerprint density at radius 1 is 0.967 bits per heavy atom. The lowest BCUT2D eigenvalue weighted by atomic mass is 9.79. The molecule has 0 spiro atoms. The minimum atomic E-state index is -1.09. The van der Waals surface area contributed by atoms with Gasteiger partial charge in [0.15, 0.2) is 0 Å². The smallest absolute Gasteiger partial charge is 0.489 e. The van der Waals surface area contributed by atoms with Gasteiger partial charge >= 0.3 is 13.1 Å². The van der Waals surface area contributed by atoms with Crippen LogP contribution < -0.4 is 14.9 Å². The molecule has 30 heavy (non-hydrogen) atoms. The Morgan fingerprint density at radius 2 is 1.73 bits per heavy atom. The summed E-state index contributed by atoms with van der Waals surface area (Å²) in [7, 11) is -1.09. The number of hydrogen-bond donors (Lipinski definition) is 2. The van der Waals surface area contributed by atoms with Crippen molar-refractivity contribution in [1.29, 1.82) is 0 Å². The Morgan fingerprint density at radius 3 is 2.53 bits per heavy atom. The van der Waals surface area contributed by atoms with E-state index in [1.807, 2.05) is 54.6 Å². The van der Waals surface area contributed by atoms with E-state index in [0.29, 0.717) is 35.7 Å². The normalized spacial score (nSPS) is 15.0. The average Bonchev–Trinajstić information content (AvgIpc) is 3.07. The molecule has 0 amide bonds.